The highest BCUT2D eigenvalue weighted by molar-refractivity contribution is 6.32. The van der Waals surface area contributed by atoms with Crippen molar-refractivity contribution in [1.82, 2.24) is 15.0 Å². The molecule has 106 valence electrons. The number of hydrogen-bond donors (Lipinski definition) is 1. The standard InChI is InChI=1S/C12H10ClF3N4/c1-7-3-18-9(5-17-7)6-20-11-10(13)2-8(4-19-11)12(14,15)16/h2-5H,6H2,1H3,(H,19,20). The first-order valence-corrected chi connectivity index (χ1v) is 5.98. The van der Waals surface area contributed by atoms with Crippen LogP contribution in [0.4, 0.5) is 19.0 Å². The topological polar surface area (TPSA) is 50.7 Å². The predicted octanol–water partition coefficient (Wildman–Crippen LogP) is 3.46. The molecule has 2 heterocycles. The monoisotopic (exact) mass is 302 g/mol. The molecule has 0 bridgehead atoms. The molecule has 0 aromatic carbocycles. The van der Waals surface area contributed by atoms with E-state index in [2.05, 4.69) is 20.3 Å². The molecule has 2 aromatic heterocycles. The van der Waals surface area contributed by atoms with E-state index in [-0.39, 0.29) is 17.4 Å². The number of aromatic nitrogens is 3. The van der Waals surface area contributed by atoms with Gasteiger partial charge in [-0.2, -0.15) is 13.2 Å². The summed E-state index contributed by atoms with van der Waals surface area (Å²) < 4.78 is 37.4. The largest absolute Gasteiger partial charge is 0.417 e. The number of aryl methyl sites for hydroxylation is 1. The normalized spacial score (nSPS) is 11.4. The van der Waals surface area contributed by atoms with Crippen LogP contribution in [-0.4, -0.2) is 15.0 Å². The van der Waals surface area contributed by atoms with Gasteiger partial charge in [0.15, 0.2) is 0 Å². The maximum absolute atomic E-state index is 12.5. The number of halogens is 4. The minimum atomic E-state index is -4.46. The molecule has 0 saturated heterocycles. The summed E-state index contributed by atoms with van der Waals surface area (Å²) in [5.41, 5.74) is 0.524. The van der Waals surface area contributed by atoms with Crippen LogP contribution in [0.1, 0.15) is 17.0 Å². The van der Waals surface area contributed by atoms with E-state index in [9.17, 15) is 13.2 Å². The fourth-order valence-electron chi connectivity index (χ4n) is 1.41. The summed E-state index contributed by atoms with van der Waals surface area (Å²) in [4.78, 5) is 11.8. The van der Waals surface area contributed by atoms with Gasteiger partial charge < -0.3 is 5.32 Å². The number of rotatable bonds is 3. The molecule has 20 heavy (non-hydrogen) atoms. The summed E-state index contributed by atoms with van der Waals surface area (Å²) in [5.74, 6) is 0.169. The molecule has 0 fully saturated rings. The van der Waals surface area contributed by atoms with Crippen molar-refractivity contribution < 1.29 is 13.2 Å². The number of hydrogen-bond acceptors (Lipinski definition) is 4. The van der Waals surface area contributed by atoms with E-state index < -0.39 is 11.7 Å². The summed E-state index contributed by atoms with van der Waals surface area (Å²) in [6.45, 7) is 2.07. The first-order valence-electron chi connectivity index (χ1n) is 5.60. The third-order valence-corrected chi connectivity index (χ3v) is 2.73. The van der Waals surface area contributed by atoms with Crippen LogP contribution in [0.2, 0.25) is 5.02 Å². The van der Waals surface area contributed by atoms with Gasteiger partial charge in [-0.25, -0.2) is 4.98 Å². The summed E-state index contributed by atoms with van der Waals surface area (Å²) in [6, 6.07) is 0.831. The second kappa shape index (κ2) is 5.62. The maximum Gasteiger partial charge on any atom is 0.417 e. The van der Waals surface area contributed by atoms with E-state index >= 15 is 0 Å². The Labute approximate surface area is 118 Å². The lowest BCUT2D eigenvalue weighted by atomic mass is 10.3. The molecule has 0 aliphatic rings. The number of nitrogens with one attached hydrogen (secondary N) is 1. The second-order valence-corrected chi connectivity index (χ2v) is 4.46. The van der Waals surface area contributed by atoms with Gasteiger partial charge in [0.25, 0.3) is 0 Å². The van der Waals surface area contributed by atoms with Crippen molar-refractivity contribution in [3.05, 3.63) is 46.6 Å². The second-order valence-electron chi connectivity index (χ2n) is 4.05. The summed E-state index contributed by atoms with van der Waals surface area (Å²) in [7, 11) is 0. The summed E-state index contributed by atoms with van der Waals surface area (Å²) in [6.07, 6.45) is -0.564. The van der Waals surface area contributed by atoms with Crippen molar-refractivity contribution >= 4 is 17.4 Å². The number of nitrogens with zero attached hydrogens (tertiary/aromatic N) is 3. The van der Waals surface area contributed by atoms with Gasteiger partial charge in [-0.3, -0.25) is 9.97 Å². The molecule has 0 spiro atoms. The lowest BCUT2D eigenvalue weighted by molar-refractivity contribution is -0.137. The van der Waals surface area contributed by atoms with Gasteiger partial charge in [-0.15, -0.1) is 0 Å². The summed E-state index contributed by atoms with van der Waals surface area (Å²) >= 11 is 5.77. The van der Waals surface area contributed by atoms with Gasteiger partial charge >= 0.3 is 6.18 Å². The Morgan fingerprint density at radius 2 is 1.90 bits per heavy atom. The van der Waals surface area contributed by atoms with Crippen LogP contribution >= 0.6 is 11.6 Å². The molecular weight excluding hydrogens is 293 g/mol. The molecule has 0 atom stereocenters. The van der Waals surface area contributed by atoms with Gasteiger partial charge in [-0.1, -0.05) is 11.6 Å². The predicted molar refractivity (Wildman–Crippen MR) is 68.3 cm³/mol. The smallest absolute Gasteiger partial charge is 0.363 e. The van der Waals surface area contributed by atoms with Crippen LogP contribution in [0.25, 0.3) is 0 Å². The van der Waals surface area contributed by atoms with E-state index in [1.54, 1.807) is 19.3 Å². The highest BCUT2D eigenvalue weighted by Crippen LogP contribution is 2.32. The zero-order valence-electron chi connectivity index (χ0n) is 10.4. The zero-order valence-corrected chi connectivity index (χ0v) is 11.1. The molecule has 0 aliphatic carbocycles. The van der Waals surface area contributed by atoms with Crippen molar-refractivity contribution in [3.8, 4) is 0 Å². The molecule has 1 N–H and O–H groups in total. The van der Waals surface area contributed by atoms with Crippen LogP contribution in [0.3, 0.4) is 0 Å². The Morgan fingerprint density at radius 1 is 1.15 bits per heavy atom. The molecule has 2 rings (SSSR count). The lowest BCUT2D eigenvalue weighted by Gasteiger charge is -2.10. The summed E-state index contributed by atoms with van der Waals surface area (Å²) in [5, 5.41) is 2.72. The van der Waals surface area contributed by atoms with Crippen LogP contribution in [0.15, 0.2) is 24.7 Å². The molecule has 0 saturated carbocycles. The third kappa shape index (κ3) is 3.57. The van der Waals surface area contributed by atoms with E-state index in [4.69, 9.17) is 11.6 Å². The van der Waals surface area contributed by atoms with Crippen molar-refractivity contribution in [3.63, 3.8) is 0 Å². The van der Waals surface area contributed by atoms with Crippen molar-refractivity contribution in [2.45, 2.75) is 19.6 Å². The first kappa shape index (κ1) is 14.5. The minimum absolute atomic E-state index is 0.0973. The molecule has 0 unspecified atom stereocenters. The SMILES string of the molecule is Cc1cnc(CNc2ncc(C(F)(F)F)cc2Cl)cn1. The first-order chi connectivity index (χ1) is 9.36. The van der Waals surface area contributed by atoms with Gasteiger partial charge in [0.05, 0.1) is 34.7 Å². The Balaban J connectivity index is 2.08. The number of anilines is 1. The zero-order chi connectivity index (χ0) is 14.8. The Kier molecular flexibility index (Phi) is 4.08. The maximum atomic E-state index is 12.5. The Bertz CT molecular complexity index is 599. The fourth-order valence-corrected chi connectivity index (χ4v) is 1.64. The lowest BCUT2D eigenvalue weighted by Crippen LogP contribution is -2.08. The average molecular weight is 303 g/mol. The van der Waals surface area contributed by atoms with Gasteiger partial charge in [0.1, 0.15) is 5.82 Å². The van der Waals surface area contributed by atoms with E-state index in [0.29, 0.717) is 5.69 Å². The van der Waals surface area contributed by atoms with Crippen molar-refractivity contribution in [2.75, 3.05) is 5.32 Å². The molecule has 4 nitrogen and oxygen atoms in total. The molecule has 0 aliphatic heterocycles. The Hall–Kier alpha value is -1.89. The van der Waals surface area contributed by atoms with Crippen LogP contribution < -0.4 is 5.32 Å². The molecule has 0 amide bonds. The molecular formula is C12H10ClF3N4. The van der Waals surface area contributed by atoms with Gasteiger partial charge in [0, 0.05) is 12.4 Å². The van der Waals surface area contributed by atoms with E-state index in [1.165, 1.54) is 0 Å². The van der Waals surface area contributed by atoms with E-state index in [0.717, 1.165) is 18.0 Å². The van der Waals surface area contributed by atoms with Gasteiger partial charge in [0.2, 0.25) is 0 Å². The fraction of sp³-hybridized carbons (Fsp3) is 0.250. The van der Waals surface area contributed by atoms with Crippen LogP contribution in [0, 0.1) is 6.92 Å². The highest BCUT2D eigenvalue weighted by Gasteiger charge is 2.31. The van der Waals surface area contributed by atoms with Crippen LogP contribution in [-0.2, 0) is 12.7 Å². The quantitative estimate of drug-likeness (QED) is 0.943. The number of alkyl halides is 3. The van der Waals surface area contributed by atoms with Crippen LogP contribution in [0.5, 0.6) is 0 Å². The van der Waals surface area contributed by atoms with Gasteiger partial charge in [-0.05, 0) is 13.0 Å². The third-order valence-electron chi connectivity index (χ3n) is 2.44. The van der Waals surface area contributed by atoms with Crippen molar-refractivity contribution in [2.24, 2.45) is 0 Å². The average Bonchev–Trinajstić information content (AvgIpc) is 2.38. The molecule has 0 radical (unpaired) electrons. The minimum Gasteiger partial charge on any atom is -0.363 e. The molecule has 8 heteroatoms. The number of pyridine rings is 1. The molecule has 2 aromatic rings. The van der Waals surface area contributed by atoms with E-state index in [1.807, 2.05) is 0 Å². The highest BCUT2D eigenvalue weighted by atomic mass is 35.5. The Morgan fingerprint density at radius 3 is 2.45 bits per heavy atom. The van der Waals surface area contributed by atoms with Crippen molar-refractivity contribution in [1.29, 1.82) is 0 Å².